The van der Waals surface area contributed by atoms with E-state index in [1.54, 1.807) is 0 Å². The molecule has 3 fully saturated rings. The number of carbonyl (C=O) groups is 1. The zero-order chi connectivity index (χ0) is 13.5. The highest BCUT2D eigenvalue weighted by atomic mass is 16.7. The number of rotatable bonds is 3. The lowest BCUT2D eigenvalue weighted by Gasteiger charge is -2.14. The van der Waals surface area contributed by atoms with Gasteiger partial charge in [0.25, 0.3) is 0 Å². The van der Waals surface area contributed by atoms with Crippen molar-refractivity contribution >= 4 is 11.6 Å². The summed E-state index contributed by atoms with van der Waals surface area (Å²) in [5.41, 5.74) is 1.81. The lowest BCUT2D eigenvalue weighted by molar-refractivity contribution is -0.120. The number of nitrogens with one attached hydrogen (secondary N) is 1. The van der Waals surface area contributed by atoms with Crippen LogP contribution in [0.3, 0.4) is 0 Å². The molecule has 1 amide bonds. The third-order valence-corrected chi connectivity index (χ3v) is 4.66. The zero-order valence-electron chi connectivity index (χ0n) is 11.4. The van der Waals surface area contributed by atoms with Crippen molar-refractivity contribution in [3.63, 3.8) is 0 Å². The molecule has 1 heterocycles. The Balaban J connectivity index is 1.42. The van der Waals surface area contributed by atoms with Crippen molar-refractivity contribution in [2.24, 2.45) is 17.8 Å². The number of hydrogen-bond acceptors (Lipinski definition) is 3. The zero-order valence-corrected chi connectivity index (χ0v) is 11.4. The summed E-state index contributed by atoms with van der Waals surface area (Å²) in [7, 11) is 0. The SMILES string of the molecule is O=C(Nc1cccc(C2OCCO2)c1)C1CC2CC2C1. The lowest BCUT2D eigenvalue weighted by Crippen LogP contribution is -2.21. The second-order valence-electron chi connectivity index (χ2n) is 6.11. The first-order valence-corrected chi connectivity index (χ1v) is 7.43. The van der Waals surface area contributed by atoms with Crippen LogP contribution in [0.2, 0.25) is 0 Å². The molecule has 1 saturated heterocycles. The molecule has 0 bridgehead atoms. The van der Waals surface area contributed by atoms with E-state index < -0.39 is 0 Å². The smallest absolute Gasteiger partial charge is 0.227 e. The van der Waals surface area contributed by atoms with E-state index in [4.69, 9.17) is 9.47 Å². The normalized spacial score (nSPS) is 32.1. The van der Waals surface area contributed by atoms with Gasteiger partial charge in [0.2, 0.25) is 5.91 Å². The van der Waals surface area contributed by atoms with Gasteiger partial charge < -0.3 is 14.8 Å². The van der Waals surface area contributed by atoms with Gasteiger partial charge in [-0.2, -0.15) is 0 Å². The number of benzene rings is 1. The minimum absolute atomic E-state index is 0.169. The number of amides is 1. The number of ether oxygens (including phenoxy) is 2. The molecule has 20 heavy (non-hydrogen) atoms. The number of fused-ring (bicyclic) bond motifs is 1. The van der Waals surface area contributed by atoms with Crippen LogP contribution in [-0.2, 0) is 14.3 Å². The third-order valence-electron chi connectivity index (χ3n) is 4.66. The van der Waals surface area contributed by atoms with E-state index in [0.717, 1.165) is 35.9 Å². The van der Waals surface area contributed by atoms with Gasteiger partial charge in [0.1, 0.15) is 0 Å². The van der Waals surface area contributed by atoms with Gasteiger partial charge in [-0.3, -0.25) is 4.79 Å². The van der Waals surface area contributed by atoms with Crippen LogP contribution in [0.5, 0.6) is 0 Å². The summed E-state index contributed by atoms with van der Waals surface area (Å²) in [5.74, 6) is 2.04. The van der Waals surface area contributed by atoms with Crippen LogP contribution < -0.4 is 5.32 Å². The number of anilines is 1. The van der Waals surface area contributed by atoms with Crippen LogP contribution in [0.25, 0.3) is 0 Å². The third kappa shape index (κ3) is 2.34. The van der Waals surface area contributed by atoms with Crippen molar-refractivity contribution in [2.45, 2.75) is 25.6 Å². The number of carbonyl (C=O) groups excluding carboxylic acids is 1. The summed E-state index contributed by atoms with van der Waals surface area (Å²) < 4.78 is 11.0. The van der Waals surface area contributed by atoms with Crippen molar-refractivity contribution in [1.29, 1.82) is 0 Å². The van der Waals surface area contributed by atoms with Gasteiger partial charge >= 0.3 is 0 Å². The van der Waals surface area contributed by atoms with Gasteiger partial charge in [-0.15, -0.1) is 0 Å². The van der Waals surface area contributed by atoms with Gasteiger partial charge in [-0.05, 0) is 43.2 Å². The maximum Gasteiger partial charge on any atom is 0.227 e. The Morgan fingerprint density at radius 3 is 2.60 bits per heavy atom. The van der Waals surface area contributed by atoms with Crippen LogP contribution in [0.15, 0.2) is 24.3 Å². The molecule has 3 aliphatic rings. The van der Waals surface area contributed by atoms with Gasteiger partial charge in [0, 0.05) is 17.2 Å². The molecule has 2 aliphatic carbocycles. The maximum atomic E-state index is 12.2. The topological polar surface area (TPSA) is 47.6 Å². The first-order valence-electron chi connectivity index (χ1n) is 7.43. The average Bonchev–Trinajstić information content (AvgIpc) is 2.91. The largest absolute Gasteiger partial charge is 0.346 e. The molecule has 2 unspecified atom stereocenters. The molecule has 4 rings (SSSR count). The van der Waals surface area contributed by atoms with E-state index >= 15 is 0 Å². The summed E-state index contributed by atoms with van der Waals surface area (Å²) in [6.07, 6.45) is 3.21. The molecule has 0 aromatic heterocycles. The fraction of sp³-hybridized carbons (Fsp3) is 0.562. The van der Waals surface area contributed by atoms with Crippen LogP contribution in [0.1, 0.15) is 31.1 Å². The van der Waals surface area contributed by atoms with Crippen LogP contribution in [0, 0.1) is 17.8 Å². The van der Waals surface area contributed by atoms with E-state index in [9.17, 15) is 4.79 Å². The van der Waals surface area contributed by atoms with Crippen LogP contribution in [-0.4, -0.2) is 19.1 Å². The summed E-state index contributed by atoms with van der Waals surface area (Å²) >= 11 is 0. The van der Waals surface area contributed by atoms with Gasteiger partial charge in [0.15, 0.2) is 6.29 Å². The molecule has 1 N–H and O–H groups in total. The average molecular weight is 273 g/mol. The Labute approximate surface area is 118 Å². The molecule has 0 radical (unpaired) electrons. The van der Waals surface area contributed by atoms with Gasteiger partial charge in [-0.1, -0.05) is 12.1 Å². The fourth-order valence-electron chi connectivity index (χ4n) is 3.49. The first kappa shape index (κ1) is 12.4. The fourth-order valence-corrected chi connectivity index (χ4v) is 3.49. The quantitative estimate of drug-likeness (QED) is 0.921. The molecule has 1 aliphatic heterocycles. The molecule has 1 aromatic rings. The van der Waals surface area contributed by atoms with E-state index in [1.807, 2.05) is 24.3 Å². The van der Waals surface area contributed by atoms with Crippen molar-refractivity contribution in [3.8, 4) is 0 Å². The molecule has 1 aromatic carbocycles. The first-order chi connectivity index (χ1) is 9.79. The molecule has 2 saturated carbocycles. The molecule has 106 valence electrons. The summed E-state index contributed by atoms with van der Waals surface area (Å²) in [6.45, 7) is 1.26. The van der Waals surface area contributed by atoms with Crippen molar-refractivity contribution in [1.82, 2.24) is 0 Å². The highest BCUT2D eigenvalue weighted by molar-refractivity contribution is 5.92. The molecule has 4 heteroatoms. The maximum absolute atomic E-state index is 12.2. The van der Waals surface area contributed by atoms with E-state index in [-0.39, 0.29) is 18.1 Å². The molecular weight excluding hydrogens is 254 g/mol. The minimum atomic E-state index is -0.286. The second-order valence-corrected chi connectivity index (χ2v) is 6.11. The Morgan fingerprint density at radius 1 is 1.10 bits per heavy atom. The Hall–Kier alpha value is -1.39. The number of hydrogen-bond donors (Lipinski definition) is 1. The molecule has 0 spiro atoms. The highest BCUT2D eigenvalue weighted by Crippen LogP contribution is 2.54. The monoisotopic (exact) mass is 273 g/mol. The standard InChI is InChI=1S/C16H19NO3/c18-15(13-7-11-6-12(11)8-13)17-14-3-1-2-10(9-14)16-19-4-5-20-16/h1-3,9,11-13,16H,4-8H2,(H,17,18). The summed E-state index contributed by atoms with van der Waals surface area (Å²) in [6, 6.07) is 7.77. The Bertz CT molecular complexity index is 514. The van der Waals surface area contributed by atoms with Crippen molar-refractivity contribution < 1.29 is 14.3 Å². The Morgan fingerprint density at radius 2 is 1.85 bits per heavy atom. The minimum Gasteiger partial charge on any atom is -0.346 e. The van der Waals surface area contributed by atoms with Crippen molar-refractivity contribution in [2.75, 3.05) is 18.5 Å². The van der Waals surface area contributed by atoms with E-state index in [0.29, 0.717) is 13.2 Å². The highest BCUT2D eigenvalue weighted by Gasteiger charge is 2.47. The molecule has 2 atom stereocenters. The molecular formula is C16H19NO3. The molecule has 4 nitrogen and oxygen atoms in total. The summed E-state index contributed by atoms with van der Waals surface area (Å²) in [4.78, 5) is 12.2. The second kappa shape index (κ2) is 4.86. The van der Waals surface area contributed by atoms with Gasteiger partial charge in [0.05, 0.1) is 13.2 Å². The Kier molecular flexibility index (Phi) is 3.00. The lowest BCUT2D eigenvalue weighted by atomic mass is 10.0. The van der Waals surface area contributed by atoms with E-state index in [2.05, 4.69) is 5.32 Å². The van der Waals surface area contributed by atoms with Crippen LogP contribution in [0.4, 0.5) is 5.69 Å². The van der Waals surface area contributed by atoms with E-state index in [1.165, 1.54) is 6.42 Å². The van der Waals surface area contributed by atoms with Crippen LogP contribution >= 0.6 is 0 Å². The predicted octanol–water partition coefficient (Wildman–Crippen LogP) is 2.72. The summed E-state index contributed by atoms with van der Waals surface area (Å²) in [5, 5.41) is 3.04. The predicted molar refractivity (Wildman–Crippen MR) is 74.0 cm³/mol. The van der Waals surface area contributed by atoms with Gasteiger partial charge in [-0.25, -0.2) is 0 Å². The van der Waals surface area contributed by atoms with Crippen molar-refractivity contribution in [3.05, 3.63) is 29.8 Å².